The van der Waals surface area contributed by atoms with Crippen molar-refractivity contribution in [3.05, 3.63) is 0 Å². The molecule has 0 aliphatic heterocycles. The minimum Gasteiger partial charge on any atom is -0.468 e. The molecule has 120 valence electrons. The maximum Gasteiger partial charge on any atom is 0.322 e. The number of ether oxygens (including phenoxy) is 1. The van der Waals surface area contributed by atoms with Gasteiger partial charge < -0.3 is 10.5 Å². The van der Waals surface area contributed by atoms with Crippen molar-refractivity contribution in [1.29, 1.82) is 0 Å². The van der Waals surface area contributed by atoms with Gasteiger partial charge >= 0.3 is 5.97 Å². The fourth-order valence-electron chi connectivity index (χ4n) is 4.65. The first-order valence-electron chi connectivity index (χ1n) is 8.11. The summed E-state index contributed by atoms with van der Waals surface area (Å²) in [5.41, 5.74) is 5.83. The van der Waals surface area contributed by atoms with Crippen LogP contribution in [0.4, 0.5) is 0 Å². The third kappa shape index (κ3) is 2.63. The van der Waals surface area contributed by atoms with E-state index in [4.69, 9.17) is 5.73 Å². The van der Waals surface area contributed by atoms with Crippen LogP contribution >= 0.6 is 0 Å². The second-order valence-corrected chi connectivity index (χ2v) is 7.68. The number of hydrogen-bond donors (Lipinski definition) is 1. The fraction of sp³-hybridized carbons (Fsp3) is 0.882. The summed E-state index contributed by atoms with van der Waals surface area (Å²) in [4.78, 5) is 23.9. The lowest BCUT2D eigenvalue weighted by Gasteiger charge is -2.37. The van der Waals surface area contributed by atoms with E-state index >= 15 is 0 Å². The van der Waals surface area contributed by atoms with Gasteiger partial charge in [0, 0.05) is 11.8 Å². The topological polar surface area (TPSA) is 69.4 Å². The summed E-state index contributed by atoms with van der Waals surface area (Å²) in [6, 6.07) is -0.550. The van der Waals surface area contributed by atoms with Gasteiger partial charge in [0.15, 0.2) is 0 Å². The molecule has 0 heterocycles. The van der Waals surface area contributed by atoms with Gasteiger partial charge in [-0.2, -0.15) is 0 Å². The highest BCUT2D eigenvalue weighted by molar-refractivity contribution is 5.89. The number of esters is 1. The molecule has 3 unspecified atom stereocenters. The number of hydrogen-bond acceptors (Lipinski definition) is 4. The predicted octanol–water partition coefficient (Wildman–Crippen LogP) is 2.69. The zero-order chi connectivity index (χ0) is 15.8. The molecule has 0 spiro atoms. The summed E-state index contributed by atoms with van der Waals surface area (Å²) >= 11 is 0. The maximum atomic E-state index is 12.5. The second kappa shape index (κ2) is 5.71. The minimum atomic E-state index is -0.550. The molecule has 2 saturated carbocycles. The van der Waals surface area contributed by atoms with Crippen molar-refractivity contribution in [2.45, 2.75) is 65.3 Å². The number of Topliss-reactive ketones (excluding diaryl/α,β-unsaturated/α-hetero) is 1. The van der Waals surface area contributed by atoms with Crippen molar-refractivity contribution in [2.24, 2.45) is 28.4 Å². The summed E-state index contributed by atoms with van der Waals surface area (Å²) in [6.45, 7) is 6.64. The molecule has 2 rings (SSSR count). The SMILES string of the molecule is COC(=O)[C@@H](N)CC(C)CCC12CCC(CC1=O)C2(C)C. The largest absolute Gasteiger partial charge is 0.468 e. The second-order valence-electron chi connectivity index (χ2n) is 7.68. The van der Waals surface area contributed by atoms with Crippen LogP contribution in [0.3, 0.4) is 0 Å². The monoisotopic (exact) mass is 295 g/mol. The molecule has 0 radical (unpaired) electrons. The van der Waals surface area contributed by atoms with Gasteiger partial charge in [-0.3, -0.25) is 9.59 Å². The zero-order valence-electron chi connectivity index (χ0n) is 13.8. The van der Waals surface area contributed by atoms with Crippen LogP contribution in [-0.2, 0) is 14.3 Å². The lowest BCUT2D eigenvalue weighted by molar-refractivity contribution is -0.142. The number of rotatable bonds is 6. The third-order valence-corrected chi connectivity index (χ3v) is 6.36. The first kappa shape index (κ1) is 16.5. The molecule has 2 bridgehead atoms. The molecule has 2 fully saturated rings. The zero-order valence-corrected chi connectivity index (χ0v) is 13.8. The van der Waals surface area contributed by atoms with Gasteiger partial charge in [0.2, 0.25) is 0 Å². The Morgan fingerprint density at radius 1 is 1.48 bits per heavy atom. The summed E-state index contributed by atoms with van der Waals surface area (Å²) in [5, 5.41) is 0. The van der Waals surface area contributed by atoms with Gasteiger partial charge in [-0.25, -0.2) is 0 Å². The summed E-state index contributed by atoms with van der Waals surface area (Å²) in [7, 11) is 1.37. The Morgan fingerprint density at radius 3 is 2.62 bits per heavy atom. The van der Waals surface area contributed by atoms with Crippen molar-refractivity contribution in [2.75, 3.05) is 7.11 Å². The highest BCUT2D eigenvalue weighted by Gasteiger charge is 2.63. The van der Waals surface area contributed by atoms with Crippen LogP contribution in [0.5, 0.6) is 0 Å². The molecule has 0 aromatic rings. The van der Waals surface area contributed by atoms with E-state index < -0.39 is 6.04 Å². The Kier molecular flexibility index (Phi) is 4.48. The van der Waals surface area contributed by atoms with Gasteiger partial charge in [0.1, 0.15) is 11.8 Å². The molecule has 2 N–H and O–H groups in total. The molecule has 4 heteroatoms. The van der Waals surface area contributed by atoms with E-state index in [0.717, 1.165) is 25.7 Å². The van der Waals surface area contributed by atoms with E-state index in [1.165, 1.54) is 13.5 Å². The number of carbonyl (C=O) groups excluding carboxylic acids is 2. The first-order valence-corrected chi connectivity index (χ1v) is 8.11. The normalized spacial score (nSPS) is 33.0. The average Bonchev–Trinajstić information content (AvgIpc) is 2.78. The number of nitrogens with two attached hydrogens (primary N) is 1. The van der Waals surface area contributed by atoms with Crippen molar-refractivity contribution in [3.8, 4) is 0 Å². The minimum absolute atomic E-state index is 0.124. The lowest BCUT2D eigenvalue weighted by atomic mass is 9.65. The van der Waals surface area contributed by atoms with E-state index in [2.05, 4.69) is 25.5 Å². The molecule has 2 aliphatic carbocycles. The van der Waals surface area contributed by atoms with Crippen LogP contribution in [0.25, 0.3) is 0 Å². The molecule has 0 aromatic carbocycles. The van der Waals surface area contributed by atoms with Crippen LogP contribution in [0.15, 0.2) is 0 Å². The molecule has 0 aromatic heterocycles. The van der Waals surface area contributed by atoms with Crippen molar-refractivity contribution in [3.63, 3.8) is 0 Å². The molecule has 21 heavy (non-hydrogen) atoms. The standard InChI is InChI=1S/C17H29NO3/c1-11(9-13(18)15(20)21-4)5-7-17-8-6-12(10-14(17)19)16(17,2)3/h11-13H,5-10,18H2,1-4H3/t11?,12?,13-,17?/m0/s1. The summed E-state index contributed by atoms with van der Waals surface area (Å²) in [5.74, 6) is 1.01. The number of ketones is 1. The Balaban J connectivity index is 1.93. The first-order chi connectivity index (χ1) is 9.74. The van der Waals surface area contributed by atoms with E-state index in [9.17, 15) is 9.59 Å². The molecule has 0 amide bonds. The highest BCUT2D eigenvalue weighted by atomic mass is 16.5. The fourth-order valence-corrected chi connectivity index (χ4v) is 4.65. The van der Waals surface area contributed by atoms with Crippen molar-refractivity contribution in [1.82, 2.24) is 0 Å². The van der Waals surface area contributed by atoms with Gasteiger partial charge in [-0.1, -0.05) is 20.8 Å². The summed E-state index contributed by atoms with van der Waals surface area (Å²) < 4.78 is 4.67. The third-order valence-electron chi connectivity index (χ3n) is 6.36. The Bertz CT molecular complexity index is 432. The summed E-state index contributed by atoms with van der Waals surface area (Å²) in [6.07, 6.45) is 5.51. The smallest absolute Gasteiger partial charge is 0.322 e. The average molecular weight is 295 g/mol. The lowest BCUT2D eigenvalue weighted by Crippen LogP contribution is -2.37. The van der Waals surface area contributed by atoms with Gasteiger partial charge in [-0.05, 0) is 49.4 Å². The number of carbonyl (C=O) groups is 2. The maximum absolute atomic E-state index is 12.5. The van der Waals surface area contributed by atoms with Gasteiger partial charge in [0.25, 0.3) is 0 Å². The van der Waals surface area contributed by atoms with Crippen LogP contribution in [0, 0.1) is 22.7 Å². The van der Waals surface area contributed by atoms with Crippen molar-refractivity contribution >= 4 is 11.8 Å². The van der Waals surface area contributed by atoms with E-state index in [1.807, 2.05) is 0 Å². The van der Waals surface area contributed by atoms with E-state index in [-0.39, 0.29) is 16.8 Å². The van der Waals surface area contributed by atoms with E-state index in [0.29, 0.717) is 24.0 Å². The molecule has 2 aliphatic rings. The highest BCUT2D eigenvalue weighted by Crippen LogP contribution is 2.65. The van der Waals surface area contributed by atoms with Crippen LogP contribution < -0.4 is 5.73 Å². The Morgan fingerprint density at radius 2 is 2.14 bits per heavy atom. The Hall–Kier alpha value is -0.900. The molecular weight excluding hydrogens is 266 g/mol. The molecule has 0 saturated heterocycles. The van der Waals surface area contributed by atoms with Crippen LogP contribution in [-0.4, -0.2) is 24.9 Å². The van der Waals surface area contributed by atoms with Crippen LogP contribution in [0.2, 0.25) is 0 Å². The number of fused-ring (bicyclic) bond motifs is 2. The quantitative estimate of drug-likeness (QED) is 0.765. The molecule has 4 nitrogen and oxygen atoms in total. The number of methoxy groups -OCH3 is 1. The van der Waals surface area contributed by atoms with Gasteiger partial charge in [-0.15, -0.1) is 0 Å². The predicted molar refractivity (Wildman–Crippen MR) is 81.6 cm³/mol. The molecular formula is C17H29NO3. The van der Waals surface area contributed by atoms with E-state index in [1.54, 1.807) is 0 Å². The molecule has 4 atom stereocenters. The van der Waals surface area contributed by atoms with Gasteiger partial charge in [0.05, 0.1) is 7.11 Å². The van der Waals surface area contributed by atoms with Crippen molar-refractivity contribution < 1.29 is 14.3 Å². The van der Waals surface area contributed by atoms with Crippen LogP contribution in [0.1, 0.15) is 59.3 Å². The Labute approximate surface area is 127 Å².